The maximum absolute atomic E-state index is 11.7. The Morgan fingerprint density at radius 2 is 2.25 bits per heavy atom. The van der Waals surface area contributed by atoms with E-state index < -0.39 is 42.1 Å². The molecule has 0 unspecified atom stereocenters. The lowest BCUT2D eigenvalue weighted by molar-refractivity contribution is -0.288. The molecule has 4 N–H and O–H groups in total. The lowest BCUT2D eigenvalue weighted by atomic mass is 10.1. The summed E-state index contributed by atoms with van der Waals surface area (Å²) in [5, 5.41) is 37.4. The van der Waals surface area contributed by atoms with E-state index in [1.165, 1.54) is 6.26 Å². The van der Waals surface area contributed by atoms with Crippen LogP contribution < -0.4 is 11.2 Å². The molecule has 108 valence electrons. The summed E-state index contributed by atoms with van der Waals surface area (Å²) >= 11 is 0. The van der Waals surface area contributed by atoms with Gasteiger partial charge in [0.1, 0.15) is 12.2 Å². The monoisotopic (exact) mass is 285 g/mol. The van der Waals surface area contributed by atoms with E-state index in [0.29, 0.717) is 4.57 Å². The van der Waals surface area contributed by atoms with E-state index in [0.717, 1.165) is 12.3 Å². The first-order chi connectivity index (χ1) is 9.46. The first-order valence-electron chi connectivity index (χ1n) is 5.50. The molecule has 1 aliphatic heterocycles. The molecule has 2 rings (SSSR count). The van der Waals surface area contributed by atoms with Crippen LogP contribution in [-0.2, 0) is 15.4 Å². The van der Waals surface area contributed by atoms with Gasteiger partial charge in [0.05, 0.1) is 6.61 Å². The number of nitrogens with zero attached hydrogens (tertiary/aromatic N) is 2. The zero-order valence-electron chi connectivity index (χ0n) is 9.96. The summed E-state index contributed by atoms with van der Waals surface area (Å²) in [4.78, 5) is 24.6. The highest BCUT2D eigenvalue weighted by Gasteiger charge is 2.59. The Bertz CT molecular complexity index is 647. The summed E-state index contributed by atoms with van der Waals surface area (Å²) in [6.07, 6.45) is -2.49. The number of hydrogen-bond donors (Lipinski definition) is 4. The van der Waals surface area contributed by atoms with Gasteiger partial charge in [0.15, 0.2) is 6.10 Å². The molecule has 20 heavy (non-hydrogen) atoms. The van der Waals surface area contributed by atoms with Crippen LogP contribution in [0.2, 0.25) is 0 Å². The van der Waals surface area contributed by atoms with Crippen LogP contribution in [0.3, 0.4) is 0 Å². The van der Waals surface area contributed by atoms with Crippen molar-refractivity contribution in [3.05, 3.63) is 33.1 Å². The fourth-order valence-electron chi connectivity index (χ4n) is 1.98. The van der Waals surface area contributed by atoms with Crippen LogP contribution in [0, 0.1) is 11.5 Å². The standard InChI is InChI=1S/C10H11N3O7/c11-4-19-10(8(17)7(16)5(3-14)20-10)13-2-1-6(15)12-9(13)18/h1-2,5,7-8,14,16-17H,3H2,(H,12,15,18)/t5-,7-,8-,10-/m1/s1. The first kappa shape index (κ1) is 14.2. The molecular formula is C10H11N3O7. The second kappa shape index (κ2) is 5.06. The fourth-order valence-corrected chi connectivity index (χ4v) is 1.98. The van der Waals surface area contributed by atoms with Gasteiger partial charge in [-0.15, -0.1) is 0 Å². The van der Waals surface area contributed by atoms with Crippen LogP contribution in [0.4, 0.5) is 0 Å². The summed E-state index contributed by atoms with van der Waals surface area (Å²) in [5.41, 5.74) is -1.72. The molecule has 1 saturated heterocycles. The Morgan fingerprint density at radius 3 is 2.75 bits per heavy atom. The van der Waals surface area contributed by atoms with Gasteiger partial charge in [0.25, 0.3) is 11.8 Å². The summed E-state index contributed by atoms with van der Waals surface area (Å²) in [6.45, 7) is -0.674. The molecule has 10 heteroatoms. The highest BCUT2D eigenvalue weighted by molar-refractivity contribution is 4.98. The van der Waals surface area contributed by atoms with Crippen LogP contribution in [0.25, 0.3) is 0 Å². The maximum atomic E-state index is 11.7. The molecule has 1 fully saturated rings. The lowest BCUT2D eigenvalue weighted by Gasteiger charge is -2.29. The number of hydrogen-bond acceptors (Lipinski definition) is 8. The number of nitrogens with one attached hydrogen (secondary N) is 1. The quantitative estimate of drug-likeness (QED) is 0.422. The predicted molar refractivity (Wildman–Crippen MR) is 60.0 cm³/mol. The van der Waals surface area contributed by atoms with Gasteiger partial charge in [-0.3, -0.25) is 9.78 Å². The largest absolute Gasteiger partial charge is 0.394 e. The average Bonchev–Trinajstić information content (AvgIpc) is 2.65. The Balaban J connectivity index is 2.59. The van der Waals surface area contributed by atoms with Gasteiger partial charge in [0, 0.05) is 12.3 Å². The molecule has 1 aromatic rings. The van der Waals surface area contributed by atoms with Gasteiger partial charge in [-0.25, -0.2) is 9.36 Å². The van der Waals surface area contributed by atoms with E-state index in [2.05, 4.69) is 4.74 Å². The van der Waals surface area contributed by atoms with Gasteiger partial charge in [-0.05, 0) is 0 Å². The number of nitriles is 1. The lowest BCUT2D eigenvalue weighted by Crippen LogP contribution is -2.52. The molecule has 0 saturated carbocycles. The summed E-state index contributed by atoms with van der Waals surface area (Å²) in [6, 6.07) is 0.943. The van der Waals surface area contributed by atoms with Crippen molar-refractivity contribution in [3.63, 3.8) is 0 Å². The number of rotatable bonds is 3. The molecular weight excluding hydrogens is 274 g/mol. The third kappa shape index (κ3) is 1.98. The number of aromatic amines is 1. The van der Waals surface area contributed by atoms with Crippen LogP contribution in [0.15, 0.2) is 21.9 Å². The number of aromatic nitrogens is 2. The van der Waals surface area contributed by atoms with Crippen molar-refractivity contribution in [2.24, 2.45) is 0 Å². The Hall–Kier alpha value is -2.19. The van der Waals surface area contributed by atoms with E-state index >= 15 is 0 Å². The minimum atomic E-state index is -2.36. The molecule has 1 aromatic heterocycles. The minimum absolute atomic E-state index is 0.612. The zero-order valence-corrected chi connectivity index (χ0v) is 9.96. The third-order valence-electron chi connectivity index (χ3n) is 2.93. The zero-order chi connectivity index (χ0) is 14.9. The third-order valence-corrected chi connectivity index (χ3v) is 2.93. The van der Waals surface area contributed by atoms with E-state index in [1.807, 2.05) is 4.98 Å². The molecule has 0 aliphatic carbocycles. The van der Waals surface area contributed by atoms with Gasteiger partial charge in [0.2, 0.25) is 0 Å². The van der Waals surface area contributed by atoms with E-state index in [-0.39, 0.29) is 0 Å². The number of aliphatic hydroxyl groups excluding tert-OH is 3. The van der Waals surface area contributed by atoms with Crippen molar-refractivity contribution >= 4 is 0 Å². The van der Waals surface area contributed by atoms with Gasteiger partial charge in [-0.1, -0.05) is 0 Å². The van der Waals surface area contributed by atoms with Gasteiger partial charge < -0.3 is 24.8 Å². The normalized spacial score (nSPS) is 32.8. The minimum Gasteiger partial charge on any atom is -0.394 e. The molecule has 10 nitrogen and oxygen atoms in total. The molecule has 0 amide bonds. The second-order valence-electron chi connectivity index (χ2n) is 4.08. The van der Waals surface area contributed by atoms with E-state index in [1.54, 1.807) is 0 Å². The highest BCUT2D eigenvalue weighted by Crippen LogP contribution is 2.35. The predicted octanol–water partition coefficient (Wildman–Crippen LogP) is -3.24. The molecule has 0 radical (unpaired) electrons. The van der Waals surface area contributed by atoms with Crippen molar-refractivity contribution in [3.8, 4) is 6.26 Å². The molecule has 0 spiro atoms. The number of aliphatic hydroxyl groups is 3. The van der Waals surface area contributed by atoms with Gasteiger partial charge >= 0.3 is 11.6 Å². The van der Waals surface area contributed by atoms with Crippen molar-refractivity contribution in [2.75, 3.05) is 6.61 Å². The van der Waals surface area contributed by atoms with Crippen molar-refractivity contribution < 1.29 is 24.8 Å². The van der Waals surface area contributed by atoms with Crippen LogP contribution >= 0.6 is 0 Å². The molecule has 0 aromatic carbocycles. The summed E-state index contributed by atoms with van der Waals surface area (Å²) in [5.74, 6) is -2.36. The fraction of sp³-hybridized carbons (Fsp3) is 0.500. The second-order valence-corrected chi connectivity index (χ2v) is 4.08. The van der Waals surface area contributed by atoms with Crippen molar-refractivity contribution in [1.29, 1.82) is 5.26 Å². The number of H-pyrrole nitrogens is 1. The Morgan fingerprint density at radius 1 is 1.55 bits per heavy atom. The number of ether oxygens (including phenoxy) is 2. The summed E-state index contributed by atoms with van der Waals surface area (Å²) < 4.78 is 10.3. The summed E-state index contributed by atoms with van der Waals surface area (Å²) in [7, 11) is 0. The van der Waals surface area contributed by atoms with Gasteiger partial charge in [-0.2, -0.15) is 5.26 Å². The smallest absolute Gasteiger partial charge is 0.343 e. The van der Waals surface area contributed by atoms with E-state index in [4.69, 9.17) is 15.1 Å². The SMILES string of the molecule is N#CO[C@@]1(n2ccc(=O)[nH]c2=O)O[C@H](CO)[C@@H](O)[C@H]1O. The van der Waals surface area contributed by atoms with Crippen molar-refractivity contribution in [2.45, 2.75) is 24.2 Å². The maximum Gasteiger partial charge on any atom is 0.343 e. The molecule has 2 heterocycles. The van der Waals surface area contributed by atoms with Crippen LogP contribution in [0.1, 0.15) is 0 Å². The molecule has 1 aliphatic rings. The molecule has 4 atom stereocenters. The van der Waals surface area contributed by atoms with E-state index in [9.17, 15) is 19.8 Å². The van der Waals surface area contributed by atoms with Crippen molar-refractivity contribution in [1.82, 2.24) is 9.55 Å². The molecule has 0 bridgehead atoms. The topological polar surface area (TPSA) is 158 Å². The Labute approximate surface area is 111 Å². The van der Waals surface area contributed by atoms with Crippen LogP contribution in [0.5, 0.6) is 0 Å². The average molecular weight is 285 g/mol. The van der Waals surface area contributed by atoms with Crippen LogP contribution in [-0.4, -0.2) is 49.8 Å². The highest BCUT2D eigenvalue weighted by atomic mass is 16.7. The first-order valence-corrected chi connectivity index (χ1v) is 5.50. The Kier molecular flexibility index (Phi) is 3.60.